The third-order valence-corrected chi connectivity index (χ3v) is 2.41. The standard InChI is InChI=1S/C11H24ClNO/c1-4-13(7-6-12)8-10-14-9-5-11(2)3/h11H,4-10H2,1-3H3. The lowest BCUT2D eigenvalue weighted by Gasteiger charge is -2.18. The Balaban J connectivity index is 3.24. The fourth-order valence-corrected chi connectivity index (χ4v) is 1.40. The molecule has 0 radical (unpaired) electrons. The summed E-state index contributed by atoms with van der Waals surface area (Å²) in [6.45, 7) is 11.3. The summed E-state index contributed by atoms with van der Waals surface area (Å²) in [5, 5.41) is 0. The van der Waals surface area contributed by atoms with E-state index in [2.05, 4.69) is 25.7 Å². The van der Waals surface area contributed by atoms with Crippen molar-refractivity contribution in [3.63, 3.8) is 0 Å². The van der Waals surface area contributed by atoms with Crippen LogP contribution in [0, 0.1) is 5.92 Å². The van der Waals surface area contributed by atoms with E-state index < -0.39 is 0 Å². The second kappa shape index (κ2) is 9.75. The zero-order valence-electron chi connectivity index (χ0n) is 9.76. The fourth-order valence-electron chi connectivity index (χ4n) is 1.16. The van der Waals surface area contributed by atoms with E-state index in [9.17, 15) is 0 Å². The van der Waals surface area contributed by atoms with Crippen molar-refractivity contribution in [3.05, 3.63) is 0 Å². The Morgan fingerprint density at radius 1 is 1.21 bits per heavy atom. The van der Waals surface area contributed by atoms with Gasteiger partial charge in [0.2, 0.25) is 0 Å². The first-order valence-corrected chi connectivity index (χ1v) is 6.10. The van der Waals surface area contributed by atoms with Crippen LogP contribution in [0.2, 0.25) is 0 Å². The van der Waals surface area contributed by atoms with Gasteiger partial charge in [-0.05, 0) is 18.9 Å². The minimum atomic E-state index is 0.708. The number of ether oxygens (including phenoxy) is 1. The van der Waals surface area contributed by atoms with E-state index in [1.165, 1.54) is 0 Å². The second-order valence-electron chi connectivity index (χ2n) is 3.92. The molecule has 0 aromatic carbocycles. The maximum atomic E-state index is 5.67. The zero-order chi connectivity index (χ0) is 10.8. The van der Waals surface area contributed by atoms with Crippen molar-refractivity contribution in [2.45, 2.75) is 27.2 Å². The minimum Gasteiger partial charge on any atom is -0.380 e. The summed E-state index contributed by atoms with van der Waals surface area (Å²) in [5.74, 6) is 1.44. The van der Waals surface area contributed by atoms with E-state index in [-0.39, 0.29) is 0 Å². The van der Waals surface area contributed by atoms with Crippen LogP contribution >= 0.6 is 11.6 Å². The lowest BCUT2D eigenvalue weighted by molar-refractivity contribution is 0.0993. The summed E-state index contributed by atoms with van der Waals surface area (Å²) in [4.78, 5) is 2.31. The summed E-state index contributed by atoms with van der Waals surface area (Å²) in [7, 11) is 0. The van der Waals surface area contributed by atoms with E-state index in [1.807, 2.05) is 0 Å². The largest absolute Gasteiger partial charge is 0.380 e. The first kappa shape index (κ1) is 14.2. The first-order chi connectivity index (χ1) is 6.70. The van der Waals surface area contributed by atoms with Gasteiger partial charge in [0.1, 0.15) is 0 Å². The normalized spacial score (nSPS) is 11.6. The number of nitrogens with zero attached hydrogens (tertiary/aromatic N) is 1. The number of likely N-dealkylation sites (N-methyl/N-ethyl adjacent to an activating group) is 1. The molecule has 0 atom stereocenters. The van der Waals surface area contributed by atoms with Gasteiger partial charge in [0, 0.05) is 25.6 Å². The van der Waals surface area contributed by atoms with Crippen molar-refractivity contribution in [2.75, 3.05) is 38.7 Å². The topological polar surface area (TPSA) is 12.5 Å². The monoisotopic (exact) mass is 221 g/mol. The van der Waals surface area contributed by atoms with Gasteiger partial charge < -0.3 is 9.64 Å². The zero-order valence-corrected chi connectivity index (χ0v) is 10.5. The molecule has 0 unspecified atom stereocenters. The second-order valence-corrected chi connectivity index (χ2v) is 4.30. The van der Waals surface area contributed by atoms with Gasteiger partial charge in [-0.3, -0.25) is 0 Å². The van der Waals surface area contributed by atoms with Crippen LogP contribution in [-0.2, 0) is 4.74 Å². The van der Waals surface area contributed by atoms with Crippen molar-refractivity contribution in [1.29, 1.82) is 0 Å². The summed E-state index contributed by atoms with van der Waals surface area (Å²) in [6.07, 6.45) is 1.15. The molecule has 2 nitrogen and oxygen atoms in total. The van der Waals surface area contributed by atoms with Gasteiger partial charge in [0.05, 0.1) is 6.61 Å². The van der Waals surface area contributed by atoms with Crippen LogP contribution in [0.1, 0.15) is 27.2 Å². The highest BCUT2D eigenvalue weighted by atomic mass is 35.5. The molecule has 0 rings (SSSR count). The van der Waals surface area contributed by atoms with Crippen LogP contribution in [-0.4, -0.2) is 43.6 Å². The van der Waals surface area contributed by atoms with E-state index >= 15 is 0 Å². The van der Waals surface area contributed by atoms with Gasteiger partial charge in [-0.15, -0.1) is 11.6 Å². The molecule has 0 amide bonds. The van der Waals surface area contributed by atoms with Crippen molar-refractivity contribution in [1.82, 2.24) is 4.90 Å². The Morgan fingerprint density at radius 2 is 1.93 bits per heavy atom. The van der Waals surface area contributed by atoms with Gasteiger partial charge in [0.25, 0.3) is 0 Å². The van der Waals surface area contributed by atoms with Crippen molar-refractivity contribution >= 4 is 11.6 Å². The van der Waals surface area contributed by atoms with Crippen LogP contribution in [0.15, 0.2) is 0 Å². The molecular weight excluding hydrogens is 198 g/mol. The summed E-state index contributed by atoms with van der Waals surface area (Å²) >= 11 is 5.67. The van der Waals surface area contributed by atoms with Crippen molar-refractivity contribution < 1.29 is 4.74 Å². The van der Waals surface area contributed by atoms with Crippen LogP contribution in [0.25, 0.3) is 0 Å². The van der Waals surface area contributed by atoms with E-state index in [0.29, 0.717) is 5.88 Å². The Bertz CT molecular complexity index is 120. The van der Waals surface area contributed by atoms with Gasteiger partial charge in [-0.25, -0.2) is 0 Å². The van der Waals surface area contributed by atoms with Gasteiger partial charge in [-0.2, -0.15) is 0 Å². The molecule has 0 fully saturated rings. The van der Waals surface area contributed by atoms with E-state index in [1.54, 1.807) is 0 Å². The third-order valence-electron chi connectivity index (χ3n) is 2.24. The molecule has 0 saturated carbocycles. The third kappa shape index (κ3) is 8.79. The Morgan fingerprint density at radius 3 is 2.43 bits per heavy atom. The smallest absolute Gasteiger partial charge is 0.0593 e. The molecule has 0 saturated heterocycles. The molecule has 0 aliphatic carbocycles. The predicted molar refractivity (Wildman–Crippen MR) is 63.1 cm³/mol. The van der Waals surface area contributed by atoms with Crippen LogP contribution in [0.5, 0.6) is 0 Å². The SMILES string of the molecule is CCN(CCCl)CCOCCC(C)C. The van der Waals surface area contributed by atoms with Gasteiger partial charge >= 0.3 is 0 Å². The predicted octanol–water partition coefficient (Wildman–Crippen LogP) is 2.61. The highest BCUT2D eigenvalue weighted by molar-refractivity contribution is 6.18. The van der Waals surface area contributed by atoms with Gasteiger partial charge in [-0.1, -0.05) is 20.8 Å². The number of alkyl halides is 1. The number of hydrogen-bond acceptors (Lipinski definition) is 2. The molecule has 0 aromatic rings. The Labute approximate surface area is 93.6 Å². The molecule has 86 valence electrons. The minimum absolute atomic E-state index is 0.708. The Hall–Kier alpha value is 0.210. The molecule has 3 heteroatoms. The number of rotatable bonds is 9. The quantitative estimate of drug-likeness (QED) is 0.439. The van der Waals surface area contributed by atoms with Crippen LogP contribution < -0.4 is 0 Å². The molecular formula is C11H24ClNO. The summed E-state index contributed by atoms with van der Waals surface area (Å²) in [5.41, 5.74) is 0. The van der Waals surface area contributed by atoms with Gasteiger partial charge in [0.15, 0.2) is 0 Å². The maximum absolute atomic E-state index is 5.67. The van der Waals surface area contributed by atoms with Crippen LogP contribution in [0.3, 0.4) is 0 Å². The van der Waals surface area contributed by atoms with E-state index in [4.69, 9.17) is 16.3 Å². The highest BCUT2D eigenvalue weighted by Gasteiger charge is 2.00. The summed E-state index contributed by atoms with van der Waals surface area (Å²) < 4.78 is 5.54. The Kier molecular flexibility index (Phi) is 9.90. The fraction of sp³-hybridized carbons (Fsp3) is 1.00. The van der Waals surface area contributed by atoms with E-state index in [0.717, 1.165) is 45.2 Å². The van der Waals surface area contributed by atoms with Crippen molar-refractivity contribution in [2.24, 2.45) is 5.92 Å². The highest BCUT2D eigenvalue weighted by Crippen LogP contribution is 1.99. The summed E-state index contributed by atoms with van der Waals surface area (Å²) in [6, 6.07) is 0. The molecule has 0 aromatic heterocycles. The average Bonchev–Trinajstić information content (AvgIpc) is 2.15. The molecule has 0 N–H and O–H groups in total. The lowest BCUT2D eigenvalue weighted by Crippen LogP contribution is -2.29. The maximum Gasteiger partial charge on any atom is 0.0593 e. The molecule has 0 bridgehead atoms. The van der Waals surface area contributed by atoms with Crippen molar-refractivity contribution in [3.8, 4) is 0 Å². The lowest BCUT2D eigenvalue weighted by atomic mass is 10.1. The molecule has 0 aliphatic rings. The molecule has 14 heavy (non-hydrogen) atoms. The first-order valence-electron chi connectivity index (χ1n) is 5.56. The molecule has 0 aliphatic heterocycles. The molecule has 0 spiro atoms. The molecule has 0 heterocycles. The number of halogens is 1. The number of hydrogen-bond donors (Lipinski definition) is 0. The van der Waals surface area contributed by atoms with Crippen LogP contribution in [0.4, 0.5) is 0 Å². The average molecular weight is 222 g/mol.